The predicted octanol–water partition coefficient (Wildman–Crippen LogP) is 2.38. The second-order valence-electron chi connectivity index (χ2n) is 6.07. The number of carboxylic acids is 1. The molecule has 1 aliphatic heterocycles. The van der Waals surface area contributed by atoms with Gasteiger partial charge in [-0.05, 0) is 30.3 Å². The van der Waals surface area contributed by atoms with Gasteiger partial charge in [0.1, 0.15) is 11.5 Å². The highest BCUT2D eigenvalue weighted by Crippen LogP contribution is 2.29. The number of benzene rings is 1. The topological polar surface area (TPSA) is 109 Å². The number of carbonyl (C=O) groups is 3. The summed E-state index contributed by atoms with van der Waals surface area (Å²) in [6.07, 6.45) is 1.66. The fourth-order valence-electron chi connectivity index (χ4n) is 2.77. The van der Waals surface area contributed by atoms with Gasteiger partial charge < -0.3 is 24.5 Å². The van der Waals surface area contributed by atoms with E-state index < -0.39 is 18.5 Å². The van der Waals surface area contributed by atoms with E-state index in [0.717, 1.165) is 0 Å². The van der Waals surface area contributed by atoms with Crippen LogP contribution in [0.25, 0.3) is 0 Å². The summed E-state index contributed by atoms with van der Waals surface area (Å²) in [4.78, 5) is 36.7. The molecule has 3 rings (SSSR count). The van der Waals surface area contributed by atoms with Crippen LogP contribution in [0.3, 0.4) is 0 Å². The molecule has 1 fully saturated rings. The number of aliphatic carboxylic acids is 1. The molecule has 1 aromatic carbocycles. The lowest BCUT2D eigenvalue weighted by Gasteiger charge is -2.15. The molecule has 2 amide bonds. The van der Waals surface area contributed by atoms with Crippen LogP contribution in [0.5, 0.6) is 5.75 Å². The molecule has 9 heteroatoms. The van der Waals surface area contributed by atoms with Crippen molar-refractivity contribution in [3.05, 3.63) is 47.4 Å². The summed E-state index contributed by atoms with van der Waals surface area (Å²) in [5.74, 6) is -1.13. The van der Waals surface area contributed by atoms with Gasteiger partial charge in [0.05, 0.1) is 23.7 Å². The van der Waals surface area contributed by atoms with Crippen LogP contribution in [-0.2, 0) is 20.9 Å². The lowest BCUT2D eigenvalue weighted by atomic mass is 10.1. The van der Waals surface area contributed by atoms with Gasteiger partial charge in [-0.2, -0.15) is 0 Å². The van der Waals surface area contributed by atoms with E-state index in [1.54, 1.807) is 23.1 Å². The maximum Gasteiger partial charge on any atom is 0.341 e. The van der Waals surface area contributed by atoms with Crippen molar-refractivity contribution in [1.82, 2.24) is 4.90 Å². The number of likely N-dealkylation sites (tertiary alicyclic amines) is 1. The van der Waals surface area contributed by atoms with Crippen LogP contribution in [0.15, 0.2) is 41.0 Å². The summed E-state index contributed by atoms with van der Waals surface area (Å²) in [5, 5.41) is 11.5. The van der Waals surface area contributed by atoms with Crippen LogP contribution in [0.4, 0.5) is 5.69 Å². The lowest BCUT2D eigenvalue weighted by molar-refractivity contribution is -0.139. The van der Waals surface area contributed by atoms with E-state index in [2.05, 4.69) is 5.32 Å². The molecule has 0 saturated carbocycles. The van der Waals surface area contributed by atoms with Gasteiger partial charge in [-0.3, -0.25) is 9.59 Å². The molecule has 0 radical (unpaired) electrons. The molecule has 1 aromatic heterocycles. The number of furan rings is 1. The number of rotatable bonds is 7. The predicted molar refractivity (Wildman–Crippen MR) is 95.4 cm³/mol. The molecular formula is C18H17ClN2O6. The zero-order valence-corrected chi connectivity index (χ0v) is 14.9. The van der Waals surface area contributed by atoms with Gasteiger partial charge in [0.15, 0.2) is 6.61 Å². The van der Waals surface area contributed by atoms with Crippen molar-refractivity contribution in [1.29, 1.82) is 0 Å². The summed E-state index contributed by atoms with van der Waals surface area (Å²) in [7, 11) is 0. The Kier molecular flexibility index (Phi) is 5.66. The number of carboxylic acid groups (broad SMARTS) is 1. The molecule has 1 unspecified atom stereocenters. The lowest BCUT2D eigenvalue weighted by Crippen LogP contribution is -2.27. The molecule has 8 nitrogen and oxygen atoms in total. The van der Waals surface area contributed by atoms with Gasteiger partial charge in [-0.1, -0.05) is 11.6 Å². The van der Waals surface area contributed by atoms with Crippen molar-refractivity contribution in [3.63, 3.8) is 0 Å². The minimum Gasteiger partial charge on any atom is -0.480 e. The summed E-state index contributed by atoms with van der Waals surface area (Å²) < 4.78 is 10.3. The van der Waals surface area contributed by atoms with Crippen LogP contribution >= 0.6 is 11.6 Å². The molecule has 142 valence electrons. The van der Waals surface area contributed by atoms with E-state index in [1.807, 2.05) is 0 Å². The van der Waals surface area contributed by atoms with Crippen molar-refractivity contribution < 1.29 is 28.6 Å². The third-order valence-electron chi connectivity index (χ3n) is 4.06. The highest BCUT2D eigenvalue weighted by molar-refractivity contribution is 6.32. The average molecular weight is 393 g/mol. The molecule has 2 aromatic rings. The molecule has 1 atom stereocenters. The Balaban J connectivity index is 1.58. The number of carbonyl (C=O) groups excluding carboxylic acids is 2. The van der Waals surface area contributed by atoms with Crippen molar-refractivity contribution in [3.8, 4) is 5.75 Å². The minimum atomic E-state index is -1.12. The van der Waals surface area contributed by atoms with Gasteiger partial charge in [-0.25, -0.2) is 4.79 Å². The number of amides is 2. The summed E-state index contributed by atoms with van der Waals surface area (Å²) >= 11 is 6.04. The number of anilines is 1. The van der Waals surface area contributed by atoms with E-state index >= 15 is 0 Å². The maximum absolute atomic E-state index is 12.5. The second-order valence-corrected chi connectivity index (χ2v) is 6.48. The average Bonchev–Trinajstić information content (AvgIpc) is 3.25. The zero-order chi connectivity index (χ0) is 19.4. The Hall–Kier alpha value is -3.00. The monoisotopic (exact) mass is 392 g/mol. The number of hydrogen-bond donors (Lipinski definition) is 2. The summed E-state index contributed by atoms with van der Waals surface area (Å²) in [6.45, 7) is 0.122. The molecule has 1 aliphatic rings. The van der Waals surface area contributed by atoms with Crippen molar-refractivity contribution >= 4 is 35.1 Å². The van der Waals surface area contributed by atoms with Gasteiger partial charge in [0.2, 0.25) is 11.8 Å². The van der Waals surface area contributed by atoms with Crippen LogP contribution in [0, 0.1) is 5.92 Å². The molecule has 2 heterocycles. The van der Waals surface area contributed by atoms with E-state index in [4.69, 9.17) is 25.9 Å². The normalized spacial score (nSPS) is 16.4. The first-order valence-electron chi connectivity index (χ1n) is 8.17. The number of nitrogens with one attached hydrogen (secondary N) is 1. The Morgan fingerprint density at radius 2 is 2.19 bits per heavy atom. The fraction of sp³-hybridized carbons (Fsp3) is 0.278. The fourth-order valence-corrected chi connectivity index (χ4v) is 3.01. The maximum atomic E-state index is 12.5. The van der Waals surface area contributed by atoms with Crippen LogP contribution < -0.4 is 10.1 Å². The third kappa shape index (κ3) is 4.79. The SMILES string of the molecule is O=C(O)COc1ccc(NC(=O)C2CC(=O)N(Cc3ccco3)C2)cc1Cl. The molecule has 27 heavy (non-hydrogen) atoms. The molecule has 0 bridgehead atoms. The first kappa shape index (κ1) is 18.8. The Bertz CT molecular complexity index is 852. The summed E-state index contributed by atoms with van der Waals surface area (Å²) in [6, 6.07) is 8.01. The van der Waals surface area contributed by atoms with Crippen molar-refractivity contribution in [2.24, 2.45) is 5.92 Å². The van der Waals surface area contributed by atoms with Crippen molar-refractivity contribution in [2.75, 3.05) is 18.5 Å². The Morgan fingerprint density at radius 1 is 1.37 bits per heavy atom. The van der Waals surface area contributed by atoms with Crippen LogP contribution in [0.2, 0.25) is 5.02 Å². The highest BCUT2D eigenvalue weighted by atomic mass is 35.5. The molecular weight excluding hydrogens is 376 g/mol. The molecule has 0 aliphatic carbocycles. The third-order valence-corrected chi connectivity index (χ3v) is 4.36. The van der Waals surface area contributed by atoms with Gasteiger partial charge in [0.25, 0.3) is 0 Å². The van der Waals surface area contributed by atoms with E-state index in [9.17, 15) is 14.4 Å². The minimum absolute atomic E-state index is 0.109. The van der Waals surface area contributed by atoms with Gasteiger partial charge >= 0.3 is 5.97 Å². The van der Waals surface area contributed by atoms with Crippen molar-refractivity contribution in [2.45, 2.75) is 13.0 Å². The molecule has 1 saturated heterocycles. The van der Waals surface area contributed by atoms with Crippen LogP contribution in [0.1, 0.15) is 12.2 Å². The number of ether oxygens (including phenoxy) is 1. The largest absolute Gasteiger partial charge is 0.480 e. The first-order valence-corrected chi connectivity index (χ1v) is 8.55. The van der Waals surface area contributed by atoms with E-state index in [0.29, 0.717) is 24.5 Å². The number of nitrogens with zero attached hydrogens (tertiary/aromatic N) is 1. The van der Waals surface area contributed by atoms with E-state index in [-0.39, 0.29) is 29.0 Å². The molecule has 0 spiro atoms. The first-order chi connectivity index (χ1) is 12.9. The zero-order valence-electron chi connectivity index (χ0n) is 14.2. The standard InChI is InChI=1S/C18H17ClN2O6/c19-14-7-12(3-4-15(14)27-10-17(23)24)20-18(25)11-6-16(22)21(8-11)9-13-2-1-5-26-13/h1-5,7,11H,6,8-10H2,(H,20,25)(H,23,24). The number of halogens is 1. The quantitative estimate of drug-likeness (QED) is 0.748. The summed E-state index contributed by atoms with van der Waals surface area (Å²) in [5.41, 5.74) is 0.435. The molecule has 2 N–H and O–H groups in total. The Morgan fingerprint density at radius 3 is 2.85 bits per heavy atom. The smallest absolute Gasteiger partial charge is 0.341 e. The van der Waals surface area contributed by atoms with Crippen LogP contribution in [-0.4, -0.2) is 40.9 Å². The number of hydrogen-bond acceptors (Lipinski definition) is 5. The van der Waals surface area contributed by atoms with Gasteiger partial charge in [0, 0.05) is 18.7 Å². The van der Waals surface area contributed by atoms with E-state index in [1.165, 1.54) is 18.4 Å². The second kappa shape index (κ2) is 8.13. The highest BCUT2D eigenvalue weighted by Gasteiger charge is 2.34. The van der Waals surface area contributed by atoms with Gasteiger partial charge in [-0.15, -0.1) is 0 Å². The Labute approximate surface area is 159 Å².